The molecule has 0 saturated carbocycles. The van der Waals surface area contributed by atoms with Crippen LogP contribution in [-0.2, 0) is 0 Å². The Hall–Kier alpha value is -1.30. The van der Waals surface area contributed by atoms with Gasteiger partial charge in [0.2, 0.25) is 5.88 Å². The molecule has 0 amide bonds. The number of aromatic nitrogens is 1. The minimum absolute atomic E-state index is 0.227. The van der Waals surface area contributed by atoms with Crippen LogP contribution in [0.15, 0.2) is 42.6 Å². The predicted octanol–water partition coefficient (Wildman–Crippen LogP) is 4.66. The van der Waals surface area contributed by atoms with Crippen LogP contribution in [0, 0.1) is 3.57 Å². The highest BCUT2D eigenvalue weighted by molar-refractivity contribution is 14.1. The number of rotatable bonds is 5. The van der Waals surface area contributed by atoms with Crippen molar-refractivity contribution in [1.82, 2.24) is 4.98 Å². The molecule has 100 valence electrons. The number of hydrogen-bond donors (Lipinski definition) is 0. The van der Waals surface area contributed by atoms with Gasteiger partial charge in [0, 0.05) is 15.8 Å². The highest BCUT2D eigenvalue weighted by atomic mass is 127. The van der Waals surface area contributed by atoms with E-state index in [1.165, 1.54) is 0 Å². The molecule has 0 aliphatic rings. The van der Waals surface area contributed by atoms with Gasteiger partial charge in [-0.05, 0) is 66.3 Å². The standard InChI is InChI=1S/C15H16INO2/c1-3-11(2)18-13-5-7-14(8-6-13)19-15-9-4-12(16)10-17-15/h4-11H,3H2,1-2H3. The van der Waals surface area contributed by atoms with Gasteiger partial charge >= 0.3 is 0 Å². The summed E-state index contributed by atoms with van der Waals surface area (Å²) in [5.41, 5.74) is 0. The van der Waals surface area contributed by atoms with Crippen LogP contribution in [0.3, 0.4) is 0 Å². The van der Waals surface area contributed by atoms with Crippen LogP contribution in [-0.4, -0.2) is 11.1 Å². The first-order chi connectivity index (χ1) is 9.17. The second-order valence-electron chi connectivity index (χ2n) is 4.22. The van der Waals surface area contributed by atoms with Crippen LogP contribution in [0.5, 0.6) is 17.4 Å². The molecule has 19 heavy (non-hydrogen) atoms. The van der Waals surface area contributed by atoms with Crippen LogP contribution in [0.2, 0.25) is 0 Å². The van der Waals surface area contributed by atoms with Crippen molar-refractivity contribution in [2.24, 2.45) is 0 Å². The minimum atomic E-state index is 0.227. The van der Waals surface area contributed by atoms with E-state index in [0.717, 1.165) is 21.5 Å². The molecule has 4 heteroatoms. The van der Waals surface area contributed by atoms with Crippen LogP contribution in [0.1, 0.15) is 20.3 Å². The average Bonchev–Trinajstić information content (AvgIpc) is 2.43. The molecule has 0 spiro atoms. The smallest absolute Gasteiger partial charge is 0.219 e. The quantitative estimate of drug-likeness (QED) is 0.719. The molecule has 1 unspecified atom stereocenters. The maximum Gasteiger partial charge on any atom is 0.219 e. The normalized spacial score (nSPS) is 11.9. The summed E-state index contributed by atoms with van der Waals surface area (Å²) in [7, 11) is 0. The lowest BCUT2D eigenvalue weighted by molar-refractivity contribution is 0.217. The summed E-state index contributed by atoms with van der Waals surface area (Å²) in [5.74, 6) is 2.21. The zero-order valence-electron chi connectivity index (χ0n) is 11.0. The largest absolute Gasteiger partial charge is 0.491 e. The molecular formula is C15H16INO2. The van der Waals surface area contributed by atoms with Gasteiger partial charge in [0.15, 0.2) is 0 Å². The second kappa shape index (κ2) is 6.75. The molecule has 2 rings (SSSR count). The highest BCUT2D eigenvalue weighted by Gasteiger charge is 2.02. The van der Waals surface area contributed by atoms with Crippen molar-refractivity contribution in [3.8, 4) is 17.4 Å². The van der Waals surface area contributed by atoms with Crippen molar-refractivity contribution in [1.29, 1.82) is 0 Å². The Morgan fingerprint density at radius 2 is 1.79 bits per heavy atom. The Kier molecular flexibility index (Phi) is 5.01. The molecule has 1 heterocycles. The van der Waals surface area contributed by atoms with Crippen molar-refractivity contribution in [3.05, 3.63) is 46.2 Å². The molecule has 1 atom stereocenters. The van der Waals surface area contributed by atoms with Gasteiger partial charge in [-0.1, -0.05) is 6.92 Å². The fourth-order valence-electron chi connectivity index (χ4n) is 1.45. The third-order valence-corrected chi connectivity index (χ3v) is 3.30. The lowest BCUT2D eigenvalue weighted by Crippen LogP contribution is -2.09. The molecule has 0 bridgehead atoms. The van der Waals surface area contributed by atoms with Crippen LogP contribution in [0.25, 0.3) is 0 Å². The van der Waals surface area contributed by atoms with Crippen LogP contribution >= 0.6 is 22.6 Å². The Bertz CT molecular complexity index is 511. The van der Waals surface area contributed by atoms with Gasteiger partial charge in [-0.15, -0.1) is 0 Å². The lowest BCUT2D eigenvalue weighted by atomic mass is 10.3. The van der Waals surface area contributed by atoms with Crippen molar-refractivity contribution >= 4 is 22.6 Å². The van der Waals surface area contributed by atoms with E-state index in [1.807, 2.05) is 36.4 Å². The molecule has 0 fully saturated rings. The zero-order valence-corrected chi connectivity index (χ0v) is 13.1. The third kappa shape index (κ3) is 4.38. The van der Waals surface area contributed by atoms with E-state index in [1.54, 1.807) is 6.20 Å². The number of ether oxygens (including phenoxy) is 2. The van der Waals surface area contributed by atoms with Gasteiger partial charge in [0.25, 0.3) is 0 Å². The zero-order chi connectivity index (χ0) is 13.7. The van der Waals surface area contributed by atoms with E-state index < -0.39 is 0 Å². The van der Waals surface area contributed by atoms with Crippen molar-refractivity contribution < 1.29 is 9.47 Å². The van der Waals surface area contributed by atoms with Crippen LogP contribution in [0.4, 0.5) is 0 Å². The SMILES string of the molecule is CCC(C)Oc1ccc(Oc2ccc(I)cn2)cc1. The first-order valence-electron chi connectivity index (χ1n) is 6.23. The highest BCUT2D eigenvalue weighted by Crippen LogP contribution is 2.23. The van der Waals surface area contributed by atoms with Crippen molar-refractivity contribution in [2.45, 2.75) is 26.4 Å². The summed E-state index contributed by atoms with van der Waals surface area (Å²) >= 11 is 2.21. The van der Waals surface area contributed by atoms with E-state index in [2.05, 4.69) is 41.4 Å². The maximum absolute atomic E-state index is 5.71. The maximum atomic E-state index is 5.71. The second-order valence-corrected chi connectivity index (χ2v) is 5.47. The van der Waals surface area contributed by atoms with E-state index in [4.69, 9.17) is 9.47 Å². The molecule has 0 radical (unpaired) electrons. The Morgan fingerprint density at radius 3 is 2.37 bits per heavy atom. The fraction of sp³-hybridized carbons (Fsp3) is 0.267. The topological polar surface area (TPSA) is 31.4 Å². The minimum Gasteiger partial charge on any atom is -0.491 e. The molecule has 1 aromatic carbocycles. The lowest BCUT2D eigenvalue weighted by Gasteiger charge is -2.12. The molecule has 1 aromatic heterocycles. The molecule has 0 aliphatic carbocycles. The Morgan fingerprint density at radius 1 is 1.11 bits per heavy atom. The summed E-state index contributed by atoms with van der Waals surface area (Å²) in [6.45, 7) is 4.16. The van der Waals surface area contributed by atoms with Gasteiger partial charge < -0.3 is 9.47 Å². The van der Waals surface area contributed by atoms with Gasteiger partial charge in [0.05, 0.1) is 6.10 Å². The number of halogens is 1. The van der Waals surface area contributed by atoms with Gasteiger partial charge in [-0.2, -0.15) is 0 Å². The first-order valence-corrected chi connectivity index (χ1v) is 7.31. The summed E-state index contributed by atoms with van der Waals surface area (Å²) < 4.78 is 12.4. The third-order valence-electron chi connectivity index (χ3n) is 2.66. The molecule has 0 N–H and O–H groups in total. The molecule has 0 aliphatic heterocycles. The number of hydrogen-bond acceptors (Lipinski definition) is 3. The van der Waals surface area contributed by atoms with E-state index in [9.17, 15) is 0 Å². The molecule has 2 aromatic rings. The van der Waals surface area contributed by atoms with Gasteiger partial charge in [0.1, 0.15) is 11.5 Å². The van der Waals surface area contributed by atoms with Gasteiger partial charge in [-0.25, -0.2) is 4.98 Å². The predicted molar refractivity (Wildman–Crippen MR) is 83.9 cm³/mol. The molecular weight excluding hydrogens is 353 g/mol. The van der Waals surface area contributed by atoms with Gasteiger partial charge in [-0.3, -0.25) is 0 Å². The van der Waals surface area contributed by atoms with E-state index >= 15 is 0 Å². The summed E-state index contributed by atoms with van der Waals surface area (Å²) in [4.78, 5) is 4.20. The number of nitrogens with zero attached hydrogens (tertiary/aromatic N) is 1. The average molecular weight is 369 g/mol. The first kappa shape index (κ1) is 14.1. The fourth-order valence-corrected chi connectivity index (χ4v) is 1.76. The van der Waals surface area contributed by atoms with Crippen LogP contribution < -0.4 is 9.47 Å². The summed E-state index contributed by atoms with van der Waals surface area (Å²) in [6, 6.07) is 11.4. The van der Waals surface area contributed by atoms with Crippen molar-refractivity contribution in [3.63, 3.8) is 0 Å². The molecule has 0 saturated heterocycles. The summed E-state index contributed by atoms with van der Waals surface area (Å²) in [5, 5.41) is 0. The Balaban J connectivity index is 2.00. The van der Waals surface area contributed by atoms with Crippen molar-refractivity contribution in [2.75, 3.05) is 0 Å². The monoisotopic (exact) mass is 369 g/mol. The summed E-state index contributed by atoms with van der Waals surface area (Å²) in [6.07, 6.45) is 2.99. The molecule has 3 nitrogen and oxygen atoms in total. The number of benzene rings is 1. The number of pyridine rings is 1. The van der Waals surface area contributed by atoms with E-state index in [-0.39, 0.29) is 6.10 Å². The van der Waals surface area contributed by atoms with E-state index in [0.29, 0.717) is 5.88 Å². The Labute approximate surface area is 127 Å².